The zero-order valence-electron chi connectivity index (χ0n) is 16.3. The summed E-state index contributed by atoms with van der Waals surface area (Å²) in [4.78, 5) is 38.4. The minimum absolute atomic E-state index is 0.0908. The summed E-state index contributed by atoms with van der Waals surface area (Å²) in [5, 5.41) is 5.59. The van der Waals surface area contributed by atoms with E-state index >= 15 is 0 Å². The van der Waals surface area contributed by atoms with Crippen molar-refractivity contribution in [2.45, 2.75) is 52.5 Å². The molecule has 27 heavy (non-hydrogen) atoms. The molecule has 6 nitrogen and oxygen atoms in total. The van der Waals surface area contributed by atoms with Gasteiger partial charge in [0.25, 0.3) is 0 Å². The Labute approximate surface area is 160 Å². The van der Waals surface area contributed by atoms with Gasteiger partial charge in [-0.25, -0.2) is 0 Å². The Morgan fingerprint density at radius 1 is 1.11 bits per heavy atom. The third kappa shape index (κ3) is 4.49. The van der Waals surface area contributed by atoms with Crippen LogP contribution < -0.4 is 10.6 Å². The van der Waals surface area contributed by atoms with Crippen LogP contribution in [0.1, 0.15) is 46.5 Å². The largest absolute Gasteiger partial charge is 0.339 e. The van der Waals surface area contributed by atoms with Crippen molar-refractivity contribution in [3.05, 3.63) is 24.3 Å². The number of hydrogen-bond acceptors (Lipinski definition) is 3. The van der Waals surface area contributed by atoms with Gasteiger partial charge in [-0.1, -0.05) is 32.8 Å². The van der Waals surface area contributed by atoms with Gasteiger partial charge in [0.1, 0.15) is 0 Å². The molecule has 1 saturated carbocycles. The van der Waals surface area contributed by atoms with Gasteiger partial charge in [-0.3, -0.25) is 14.4 Å². The van der Waals surface area contributed by atoms with Crippen LogP contribution in [0.2, 0.25) is 0 Å². The van der Waals surface area contributed by atoms with Crippen LogP contribution in [0.15, 0.2) is 24.3 Å². The van der Waals surface area contributed by atoms with E-state index in [1.54, 1.807) is 24.3 Å². The minimum Gasteiger partial charge on any atom is -0.339 e. The van der Waals surface area contributed by atoms with Gasteiger partial charge in [-0.15, -0.1) is 0 Å². The molecule has 1 saturated heterocycles. The smallest absolute Gasteiger partial charge is 0.229 e. The first kappa shape index (κ1) is 19.4. The molecule has 1 aliphatic heterocycles. The molecule has 2 fully saturated rings. The van der Waals surface area contributed by atoms with Crippen molar-refractivity contribution >= 4 is 29.1 Å². The van der Waals surface area contributed by atoms with Gasteiger partial charge in [0.2, 0.25) is 17.7 Å². The summed E-state index contributed by atoms with van der Waals surface area (Å²) in [6.07, 6.45) is 3.67. The Bertz CT molecular complexity index is 733. The summed E-state index contributed by atoms with van der Waals surface area (Å²) in [5.41, 5.74) is 1.26. The summed E-state index contributed by atoms with van der Waals surface area (Å²) in [6.45, 7) is 6.42. The molecule has 1 heterocycles. The number of rotatable bonds is 4. The van der Waals surface area contributed by atoms with Crippen LogP contribution in [0.5, 0.6) is 0 Å². The first-order valence-corrected chi connectivity index (χ1v) is 9.83. The highest BCUT2D eigenvalue weighted by Crippen LogP contribution is 2.36. The predicted molar refractivity (Wildman–Crippen MR) is 105 cm³/mol. The van der Waals surface area contributed by atoms with E-state index in [0.29, 0.717) is 29.8 Å². The first-order valence-electron chi connectivity index (χ1n) is 9.83. The SMILES string of the molecule is CC(=O)Nc1cccc(NC(=O)[C@@H]2CC(=O)N([C@@H]3CCC[C@H](C)[C@@H]3C)C2)c1. The van der Waals surface area contributed by atoms with Gasteiger partial charge in [0.15, 0.2) is 0 Å². The number of anilines is 2. The van der Waals surface area contributed by atoms with E-state index in [9.17, 15) is 14.4 Å². The summed E-state index contributed by atoms with van der Waals surface area (Å²) >= 11 is 0. The summed E-state index contributed by atoms with van der Waals surface area (Å²) in [7, 11) is 0. The predicted octanol–water partition coefficient (Wildman–Crippen LogP) is 3.26. The van der Waals surface area contributed by atoms with Gasteiger partial charge in [-0.2, -0.15) is 0 Å². The molecule has 3 amide bonds. The van der Waals surface area contributed by atoms with Crippen molar-refractivity contribution in [1.82, 2.24) is 4.90 Å². The van der Waals surface area contributed by atoms with E-state index in [2.05, 4.69) is 24.5 Å². The average molecular weight is 371 g/mol. The van der Waals surface area contributed by atoms with Gasteiger partial charge in [0.05, 0.1) is 5.92 Å². The van der Waals surface area contributed by atoms with Crippen molar-refractivity contribution in [1.29, 1.82) is 0 Å². The summed E-state index contributed by atoms with van der Waals surface area (Å²) in [6, 6.07) is 7.30. The molecular formula is C21H29N3O3. The molecular weight excluding hydrogens is 342 g/mol. The highest BCUT2D eigenvalue weighted by atomic mass is 16.2. The Morgan fingerprint density at radius 2 is 1.81 bits per heavy atom. The van der Waals surface area contributed by atoms with Crippen molar-refractivity contribution in [2.24, 2.45) is 17.8 Å². The lowest BCUT2D eigenvalue weighted by atomic mass is 9.77. The standard InChI is InChI=1S/C21H29N3O3/c1-13-6-4-9-19(14(13)2)24-12-16(10-20(24)26)21(27)23-18-8-5-7-17(11-18)22-15(3)25/h5,7-8,11,13-14,16,19H,4,6,9-10,12H2,1-3H3,(H,22,25)(H,23,27)/t13-,14-,16+,19+/m0/s1. The Kier molecular flexibility index (Phi) is 5.82. The third-order valence-electron chi connectivity index (χ3n) is 6.04. The van der Waals surface area contributed by atoms with Crippen LogP contribution in [-0.2, 0) is 14.4 Å². The number of carbonyl (C=O) groups excluding carboxylic acids is 3. The van der Waals surface area contributed by atoms with Crippen LogP contribution in [-0.4, -0.2) is 35.2 Å². The molecule has 1 aliphatic carbocycles. The molecule has 0 bridgehead atoms. The lowest BCUT2D eigenvalue weighted by molar-refractivity contribution is -0.131. The molecule has 4 atom stereocenters. The molecule has 2 N–H and O–H groups in total. The molecule has 1 aromatic carbocycles. The fourth-order valence-corrected chi connectivity index (χ4v) is 4.34. The van der Waals surface area contributed by atoms with Gasteiger partial charge in [0, 0.05) is 37.3 Å². The number of nitrogens with one attached hydrogen (secondary N) is 2. The summed E-state index contributed by atoms with van der Waals surface area (Å²) < 4.78 is 0. The van der Waals surface area contributed by atoms with Crippen molar-refractivity contribution in [2.75, 3.05) is 17.2 Å². The van der Waals surface area contributed by atoms with Crippen LogP contribution in [0.3, 0.4) is 0 Å². The summed E-state index contributed by atoms with van der Waals surface area (Å²) in [5.74, 6) is 0.549. The second-order valence-electron chi connectivity index (χ2n) is 8.03. The lowest BCUT2D eigenvalue weighted by Crippen LogP contribution is -2.45. The maximum absolute atomic E-state index is 12.7. The van der Waals surface area contributed by atoms with E-state index < -0.39 is 0 Å². The van der Waals surface area contributed by atoms with Crippen LogP contribution in [0.25, 0.3) is 0 Å². The number of carbonyl (C=O) groups is 3. The van der Waals surface area contributed by atoms with E-state index in [0.717, 1.165) is 12.8 Å². The first-order chi connectivity index (χ1) is 12.8. The molecule has 3 rings (SSSR count). The van der Waals surface area contributed by atoms with Gasteiger partial charge in [-0.05, 0) is 36.5 Å². The quantitative estimate of drug-likeness (QED) is 0.853. The molecule has 0 aromatic heterocycles. The van der Waals surface area contributed by atoms with E-state index in [1.807, 2.05) is 4.90 Å². The van der Waals surface area contributed by atoms with Crippen LogP contribution in [0, 0.1) is 17.8 Å². The number of likely N-dealkylation sites (tertiary alicyclic amines) is 1. The Hall–Kier alpha value is -2.37. The van der Waals surface area contributed by atoms with E-state index in [1.165, 1.54) is 13.3 Å². The maximum Gasteiger partial charge on any atom is 0.229 e. The maximum atomic E-state index is 12.7. The molecule has 1 aromatic rings. The number of benzene rings is 1. The fraction of sp³-hybridized carbons (Fsp3) is 0.571. The molecule has 146 valence electrons. The second kappa shape index (κ2) is 8.11. The molecule has 6 heteroatoms. The fourth-order valence-electron chi connectivity index (χ4n) is 4.34. The third-order valence-corrected chi connectivity index (χ3v) is 6.04. The normalized spacial score (nSPS) is 28.1. The van der Waals surface area contributed by atoms with Gasteiger partial charge >= 0.3 is 0 Å². The van der Waals surface area contributed by atoms with Gasteiger partial charge < -0.3 is 15.5 Å². The van der Waals surface area contributed by atoms with Crippen molar-refractivity contribution in [3.8, 4) is 0 Å². The zero-order chi connectivity index (χ0) is 19.6. The molecule has 0 spiro atoms. The zero-order valence-corrected chi connectivity index (χ0v) is 16.3. The number of amides is 3. The lowest BCUT2D eigenvalue weighted by Gasteiger charge is -2.40. The van der Waals surface area contributed by atoms with Crippen LogP contribution >= 0.6 is 0 Å². The highest BCUT2D eigenvalue weighted by molar-refractivity contribution is 5.98. The van der Waals surface area contributed by atoms with Crippen LogP contribution in [0.4, 0.5) is 11.4 Å². The Morgan fingerprint density at radius 3 is 2.52 bits per heavy atom. The minimum atomic E-state index is -0.327. The molecule has 2 aliphatic rings. The van der Waals surface area contributed by atoms with Crippen molar-refractivity contribution in [3.63, 3.8) is 0 Å². The molecule has 0 unspecified atom stereocenters. The monoisotopic (exact) mass is 371 g/mol. The van der Waals surface area contributed by atoms with E-state index in [-0.39, 0.29) is 36.1 Å². The van der Waals surface area contributed by atoms with E-state index in [4.69, 9.17) is 0 Å². The number of hydrogen-bond donors (Lipinski definition) is 2. The van der Waals surface area contributed by atoms with Crippen molar-refractivity contribution < 1.29 is 14.4 Å². The highest BCUT2D eigenvalue weighted by Gasteiger charge is 2.41. The average Bonchev–Trinajstić information content (AvgIpc) is 2.99. The topological polar surface area (TPSA) is 78.5 Å². The number of nitrogens with zero attached hydrogens (tertiary/aromatic N) is 1. The molecule has 0 radical (unpaired) electrons. The second-order valence-corrected chi connectivity index (χ2v) is 8.03. The Balaban J connectivity index is 1.63.